The summed E-state index contributed by atoms with van der Waals surface area (Å²) in [5.74, 6) is -1.33. The van der Waals surface area contributed by atoms with Crippen LogP contribution in [0.3, 0.4) is 0 Å². The number of rotatable bonds is 5. The first kappa shape index (κ1) is 15.7. The van der Waals surface area contributed by atoms with Crippen LogP contribution < -0.4 is 0 Å². The largest absolute Gasteiger partial charge is 0.460 e. The molecule has 0 N–H and O–H groups in total. The van der Waals surface area contributed by atoms with E-state index >= 15 is 0 Å². The van der Waals surface area contributed by atoms with Crippen LogP contribution in [0.25, 0.3) is 0 Å². The lowest BCUT2D eigenvalue weighted by Gasteiger charge is -2.32. The van der Waals surface area contributed by atoms with Crippen LogP contribution in [-0.2, 0) is 16.1 Å². The molecule has 5 heteroatoms. The molecule has 1 aliphatic rings. The number of nitrogens with zero attached hydrogens (tertiary/aromatic N) is 2. The molecule has 2 rings (SSSR count). The van der Waals surface area contributed by atoms with Crippen LogP contribution in [0, 0.1) is 0 Å². The molecule has 0 bridgehead atoms. The molecule has 1 aromatic rings. The van der Waals surface area contributed by atoms with Crippen molar-refractivity contribution in [2.45, 2.75) is 13.5 Å². The Kier molecular flexibility index (Phi) is 5.47. The molecule has 0 saturated carbocycles. The van der Waals surface area contributed by atoms with Crippen LogP contribution in [0.15, 0.2) is 24.3 Å². The highest BCUT2D eigenvalue weighted by atomic mass is 16.5. The lowest BCUT2D eigenvalue weighted by Crippen LogP contribution is -2.44. The first-order chi connectivity index (χ1) is 10.1. The number of ether oxygens (including phenoxy) is 1. The fourth-order valence-corrected chi connectivity index (χ4v) is 2.43. The monoisotopic (exact) mass is 290 g/mol. The van der Waals surface area contributed by atoms with E-state index in [4.69, 9.17) is 4.74 Å². The minimum Gasteiger partial charge on any atom is -0.460 e. The highest BCUT2D eigenvalue weighted by Crippen LogP contribution is 2.14. The Labute approximate surface area is 125 Å². The fourth-order valence-electron chi connectivity index (χ4n) is 2.43. The van der Waals surface area contributed by atoms with E-state index in [9.17, 15) is 9.59 Å². The minimum atomic E-state index is -0.775. The number of Topliss-reactive ketones (excluding diaryl/α,β-unsaturated/α-hetero) is 1. The molecule has 5 nitrogen and oxygen atoms in total. The summed E-state index contributed by atoms with van der Waals surface area (Å²) >= 11 is 0. The lowest BCUT2D eigenvalue weighted by molar-refractivity contribution is -0.137. The summed E-state index contributed by atoms with van der Waals surface area (Å²) in [7, 11) is 2.11. The summed E-state index contributed by atoms with van der Waals surface area (Å²) in [5, 5.41) is 0. The van der Waals surface area contributed by atoms with Gasteiger partial charge in [0.15, 0.2) is 0 Å². The van der Waals surface area contributed by atoms with Crippen molar-refractivity contribution < 1.29 is 14.3 Å². The molecule has 0 aromatic heterocycles. The number of hydrogen-bond donors (Lipinski definition) is 0. The minimum absolute atomic E-state index is 0.213. The van der Waals surface area contributed by atoms with Gasteiger partial charge in [0.05, 0.1) is 6.61 Å². The van der Waals surface area contributed by atoms with Gasteiger partial charge in [0.1, 0.15) is 0 Å². The van der Waals surface area contributed by atoms with Crippen LogP contribution in [0.2, 0.25) is 0 Å². The zero-order chi connectivity index (χ0) is 15.2. The van der Waals surface area contributed by atoms with Crippen LogP contribution in [0.4, 0.5) is 0 Å². The number of benzene rings is 1. The van der Waals surface area contributed by atoms with Gasteiger partial charge >= 0.3 is 5.97 Å². The van der Waals surface area contributed by atoms with Crippen molar-refractivity contribution in [3.05, 3.63) is 35.4 Å². The van der Waals surface area contributed by atoms with E-state index in [-0.39, 0.29) is 6.61 Å². The Morgan fingerprint density at radius 2 is 1.81 bits per heavy atom. The summed E-state index contributed by atoms with van der Waals surface area (Å²) in [5.41, 5.74) is 1.34. The summed E-state index contributed by atoms with van der Waals surface area (Å²) in [6.45, 7) is 6.58. The highest BCUT2D eigenvalue weighted by molar-refractivity contribution is 6.41. The second kappa shape index (κ2) is 7.33. The number of carbonyl (C=O) groups is 2. The summed E-state index contributed by atoms with van der Waals surface area (Å²) in [6.07, 6.45) is 0. The molecule has 21 heavy (non-hydrogen) atoms. The van der Waals surface area contributed by atoms with Crippen LogP contribution >= 0.6 is 0 Å². The molecule has 1 aromatic carbocycles. The van der Waals surface area contributed by atoms with Crippen LogP contribution in [0.1, 0.15) is 22.8 Å². The molecular formula is C16H22N2O3. The summed E-state index contributed by atoms with van der Waals surface area (Å²) in [4.78, 5) is 28.4. The second-order valence-corrected chi connectivity index (χ2v) is 5.29. The predicted octanol–water partition coefficient (Wildman–Crippen LogP) is 1.18. The Hall–Kier alpha value is -1.72. The molecule has 0 radical (unpaired) electrons. The lowest BCUT2D eigenvalue weighted by atomic mass is 10.0. The van der Waals surface area contributed by atoms with Crippen molar-refractivity contribution in [3.63, 3.8) is 0 Å². The molecule has 0 unspecified atom stereocenters. The van der Waals surface area contributed by atoms with Crippen molar-refractivity contribution >= 4 is 11.8 Å². The maximum atomic E-state index is 12.1. The van der Waals surface area contributed by atoms with Gasteiger partial charge in [-0.25, -0.2) is 4.79 Å². The normalized spacial score (nSPS) is 16.7. The predicted molar refractivity (Wildman–Crippen MR) is 80.2 cm³/mol. The van der Waals surface area contributed by atoms with Crippen molar-refractivity contribution in [1.82, 2.24) is 9.80 Å². The average molecular weight is 290 g/mol. The van der Waals surface area contributed by atoms with Gasteiger partial charge in [-0.15, -0.1) is 0 Å². The van der Waals surface area contributed by atoms with Crippen LogP contribution in [-0.4, -0.2) is 61.4 Å². The third-order valence-corrected chi connectivity index (χ3v) is 3.71. The van der Waals surface area contributed by atoms with Crippen LogP contribution in [0.5, 0.6) is 0 Å². The van der Waals surface area contributed by atoms with E-state index in [0.29, 0.717) is 12.1 Å². The van der Waals surface area contributed by atoms with E-state index in [1.165, 1.54) is 0 Å². The Balaban J connectivity index is 2.09. The highest BCUT2D eigenvalue weighted by Gasteiger charge is 2.22. The Bertz CT molecular complexity index is 508. The van der Waals surface area contributed by atoms with Gasteiger partial charge in [0, 0.05) is 38.3 Å². The molecular weight excluding hydrogens is 268 g/mol. The third kappa shape index (κ3) is 4.12. The van der Waals surface area contributed by atoms with E-state index in [0.717, 1.165) is 31.7 Å². The smallest absolute Gasteiger partial charge is 0.379 e. The topological polar surface area (TPSA) is 49.9 Å². The maximum Gasteiger partial charge on any atom is 0.379 e. The van der Waals surface area contributed by atoms with Gasteiger partial charge < -0.3 is 9.64 Å². The zero-order valence-electron chi connectivity index (χ0n) is 12.7. The average Bonchev–Trinajstić information content (AvgIpc) is 2.50. The van der Waals surface area contributed by atoms with Crippen molar-refractivity contribution in [1.29, 1.82) is 0 Å². The van der Waals surface area contributed by atoms with Gasteiger partial charge in [-0.05, 0) is 19.5 Å². The second-order valence-electron chi connectivity index (χ2n) is 5.29. The number of likely N-dealkylation sites (N-methyl/N-ethyl adjacent to an activating group) is 1. The summed E-state index contributed by atoms with van der Waals surface area (Å²) < 4.78 is 4.81. The first-order valence-corrected chi connectivity index (χ1v) is 7.32. The van der Waals surface area contributed by atoms with E-state index in [2.05, 4.69) is 16.8 Å². The summed E-state index contributed by atoms with van der Waals surface area (Å²) in [6, 6.07) is 7.28. The number of hydrogen-bond acceptors (Lipinski definition) is 5. The standard InChI is InChI=1S/C16H22N2O3/c1-3-21-16(20)15(19)14-7-5-4-6-13(14)12-18-10-8-17(2)9-11-18/h4-7H,3,8-12H2,1-2H3. The van der Waals surface area contributed by atoms with Gasteiger partial charge in [-0.1, -0.05) is 24.3 Å². The molecule has 0 aliphatic carbocycles. The number of carbonyl (C=O) groups excluding carboxylic acids is 2. The Morgan fingerprint density at radius 1 is 1.14 bits per heavy atom. The first-order valence-electron chi connectivity index (χ1n) is 7.32. The number of esters is 1. The molecule has 1 heterocycles. The molecule has 1 fully saturated rings. The molecule has 114 valence electrons. The number of ketones is 1. The molecule has 0 spiro atoms. The van der Waals surface area contributed by atoms with Gasteiger partial charge in [-0.3, -0.25) is 9.69 Å². The SMILES string of the molecule is CCOC(=O)C(=O)c1ccccc1CN1CCN(C)CC1. The molecule has 1 saturated heterocycles. The molecule has 0 atom stereocenters. The van der Waals surface area contributed by atoms with Gasteiger partial charge in [0.2, 0.25) is 0 Å². The third-order valence-electron chi connectivity index (χ3n) is 3.71. The fraction of sp³-hybridized carbons (Fsp3) is 0.500. The quantitative estimate of drug-likeness (QED) is 0.463. The molecule has 1 aliphatic heterocycles. The maximum absolute atomic E-state index is 12.1. The number of piperazine rings is 1. The van der Waals surface area contributed by atoms with Gasteiger partial charge in [-0.2, -0.15) is 0 Å². The van der Waals surface area contributed by atoms with Crippen molar-refractivity contribution in [2.75, 3.05) is 39.8 Å². The van der Waals surface area contributed by atoms with Crippen molar-refractivity contribution in [2.24, 2.45) is 0 Å². The van der Waals surface area contributed by atoms with Crippen molar-refractivity contribution in [3.8, 4) is 0 Å². The zero-order valence-corrected chi connectivity index (χ0v) is 12.7. The van der Waals surface area contributed by atoms with E-state index in [1.807, 2.05) is 12.1 Å². The molecule has 0 amide bonds. The Morgan fingerprint density at radius 3 is 2.48 bits per heavy atom. The van der Waals surface area contributed by atoms with E-state index < -0.39 is 11.8 Å². The van der Waals surface area contributed by atoms with E-state index in [1.54, 1.807) is 19.1 Å². The van der Waals surface area contributed by atoms with Gasteiger partial charge in [0.25, 0.3) is 5.78 Å².